The van der Waals surface area contributed by atoms with Crippen LogP contribution < -0.4 is 10.6 Å². The number of carbonyl (C=O) groups excluding carboxylic acids is 2. The molecule has 8 heteroatoms. The number of hydrogen-bond donors (Lipinski definition) is 2. The van der Waals surface area contributed by atoms with E-state index >= 15 is 0 Å². The number of para-hydroxylation sites is 2. The number of nitrogens with zero attached hydrogens (tertiary/aromatic N) is 3. The molecular formula is C27H26FN5O2. The third-order valence-corrected chi connectivity index (χ3v) is 5.28. The van der Waals surface area contributed by atoms with Crippen LogP contribution in [0.4, 0.5) is 20.7 Å². The highest BCUT2D eigenvalue weighted by Crippen LogP contribution is 2.24. The standard InChI is InChI=1S/C27H26FN5O2/c1-2-17-32(27(35)29-23-16-10-9-15-22(23)28)19-26(34)30-25-18-24(20-11-5-3-6-12-20)31-33(25)21-13-7-4-8-14-21/h3-16,18H,2,17,19H2,1H3,(H,29,35)(H,30,34). The van der Waals surface area contributed by atoms with Crippen molar-refractivity contribution in [3.05, 3.63) is 96.8 Å². The van der Waals surface area contributed by atoms with Crippen molar-refractivity contribution in [2.24, 2.45) is 0 Å². The van der Waals surface area contributed by atoms with Gasteiger partial charge in [0.2, 0.25) is 5.91 Å². The first kappa shape index (κ1) is 23.7. The minimum absolute atomic E-state index is 0.0636. The molecule has 1 aromatic heterocycles. The summed E-state index contributed by atoms with van der Waals surface area (Å²) in [5.41, 5.74) is 2.46. The SMILES string of the molecule is CCCN(CC(=O)Nc1cc(-c2ccccc2)nn1-c1ccccc1)C(=O)Nc1ccccc1F. The van der Waals surface area contributed by atoms with Gasteiger partial charge >= 0.3 is 6.03 Å². The fourth-order valence-corrected chi connectivity index (χ4v) is 3.62. The average Bonchev–Trinajstić information content (AvgIpc) is 3.30. The van der Waals surface area contributed by atoms with Crippen molar-refractivity contribution in [1.29, 1.82) is 0 Å². The lowest BCUT2D eigenvalue weighted by Crippen LogP contribution is -2.41. The second kappa shape index (κ2) is 11.1. The molecule has 0 spiro atoms. The number of carbonyl (C=O) groups is 2. The van der Waals surface area contributed by atoms with Crippen molar-refractivity contribution in [2.75, 3.05) is 23.7 Å². The van der Waals surface area contributed by atoms with E-state index in [1.54, 1.807) is 22.9 Å². The van der Waals surface area contributed by atoms with Gasteiger partial charge in [0.05, 0.1) is 17.1 Å². The third-order valence-electron chi connectivity index (χ3n) is 5.28. The molecule has 0 radical (unpaired) electrons. The smallest absolute Gasteiger partial charge is 0.315 e. The van der Waals surface area contributed by atoms with E-state index in [0.717, 1.165) is 11.3 Å². The summed E-state index contributed by atoms with van der Waals surface area (Å²) in [6.45, 7) is 2.04. The molecule has 4 rings (SSSR count). The second-order valence-electron chi connectivity index (χ2n) is 7.91. The number of nitrogens with one attached hydrogen (secondary N) is 2. The Bertz CT molecular complexity index is 1290. The molecule has 0 aliphatic heterocycles. The minimum atomic E-state index is -0.548. The van der Waals surface area contributed by atoms with Crippen LogP contribution in [0.5, 0.6) is 0 Å². The first-order chi connectivity index (χ1) is 17.0. The average molecular weight is 472 g/mol. The number of amides is 3. The van der Waals surface area contributed by atoms with E-state index in [1.165, 1.54) is 17.0 Å². The summed E-state index contributed by atoms with van der Waals surface area (Å²) >= 11 is 0. The highest BCUT2D eigenvalue weighted by Gasteiger charge is 2.20. The Labute approximate surface area is 203 Å². The van der Waals surface area contributed by atoms with E-state index in [-0.39, 0.29) is 18.1 Å². The predicted molar refractivity (Wildman–Crippen MR) is 135 cm³/mol. The molecule has 35 heavy (non-hydrogen) atoms. The van der Waals surface area contributed by atoms with E-state index in [1.807, 2.05) is 67.6 Å². The maximum atomic E-state index is 14.0. The van der Waals surface area contributed by atoms with Crippen molar-refractivity contribution in [3.8, 4) is 16.9 Å². The van der Waals surface area contributed by atoms with Gasteiger partial charge in [-0.3, -0.25) is 4.79 Å². The molecule has 0 unspecified atom stereocenters. The van der Waals surface area contributed by atoms with Gasteiger partial charge in [-0.1, -0.05) is 67.6 Å². The van der Waals surface area contributed by atoms with Crippen molar-refractivity contribution < 1.29 is 14.0 Å². The molecule has 0 bridgehead atoms. The van der Waals surface area contributed by atoms with E-state index in [9.17, 15) is 14.0 Å². The van der Waals surface area contributed by atoms with Crippen LogP contribution in [0, 0.1) is 5.82 Å². The Kier molecular flexibility index (Phi) is 7.52. The number of urea groups is 1. The topological polar surface area (TPSA) is 79.3 Å². The molecular weight excluding hydrogens is 445 g/mol. The Morgan fingerprint density at radius 1 is 0.914 bits per heavy atom. The van der Waals surface area contributed by atoms with Crippen molar-refractivity contribution in [3.63, 3.8) is 0 Å². The summed E-state index contributed by atoms with van der Waals surface area (Å²) in [5.74, 6) is -0.452. The molecule has 178 valence electrons. The van der Waals surface area contributed by atoms with Crippen LogP contribution in [0.3, 0.4) is 0 Å². The molecule has 4 aromatic rings. The highest BCUT2D eigenvalue weighted by atomic mass is 19.1. The Balaban J connectivity index is 1.54. The summed E-state index contributed by atoms with van der Waals surface area (Å²) < 4.78 is 15.6. The Morgan fingerprint density at radius 3 is 2.26 bits per heavy atom. The van der Waals surface area contributed by atoms with Crippen LogP contribution in [0.15, 0.2) is 91.0 Å². The highest BCUT2D eigenvalue weighted by molar-refractivity contribution is 5.97. The zero-order valence-corrected chi connectivity index (χ0v) is 19.3. The summed E-state index contributed by atoms with van der Waals surface area (Å²) in [7, 11) is 0. The number of anilines is 2. The summed E-state index contributed by atoms with van der Waals surface area (Å²) in [4.78, 5) is 27.1. The number of benzene rings is 3. The molecule has 0 fully saturated rings. The molecule has 0 aliphatic rings. The van der Waals surface area contributed by atoms with Gasteiger partial charge < -0.3 is 15.5 Å². The normalized spacial score (nSPS) is 10.6. The molecule has 2 N–H and O–H groups in total. The fraction of sp³-hybridized carbons (Fsp3) is 0.148. The first-order valence-electron chi connectivity index (χ1n) is 11.4. The van der Waals surface area contributed by atoms with Crippen molar-refractivity contribution >= 4 is 23.4 Å². The van der Waals surface area contributed by atoms with Gasteiger partial charge in [0, 0.05) is 18.2 Å². The van der Waals surface area contributed by atoms with Crippen LogP contribution in [-0.2, 0) is 4.79 Å². The number of hydrogen-bond acceptors (Lipinski definition) is 3. The van der Waals surface area contributed by atoms with Gasteiger partial charge in [0.25, 0.3) is 0 Å². The molecule has 3 amide bonds. The lowest BCUT2D eigenvalue weighted by molar-refractivity contribution is -0.116. The van der Waals surface area contributed by atoms with Crippen molar-refractivity contribution in [2.45, 2.75) is 13.3 Å². The monoisotopic (exact) mass is 471 g/mol. The van der Waals surface area contributed by atoms with Crippen LogP contribution in [0.1, 0.15) is 13.3 Å². The quantitative estimate of drug-likeness (QED) is 0.353. The molecule has 7 nitrogen and oxygen atoms in total. The van der Waals surface area contributed by atoms with Crippen LogP contribution in [0.2, 0.25) is 0 Å². The van der Waals surface area contributed by atoms with Crippen LogP contribution in [0.25, 0.3) is 16.9 Å². The van der Waals surface area contributed by atoms with Crippen molar-refractivity contribution in [1.82, 2.24) is 14.7 Å². The van der Waals surface area contributed by atoms with Gasteiger partial charge in [0.15, 0.2) is 0 Å². The molecule has 0 saturated carbocycles. The summed E-state index contributed by atoms with van der Waals surface area (Å²) in [6, 6.07) is 26.3. The van der Waals surface area contributed by atoms with Gasteiger partial charge in [-0.15, -0.1) is 0 Å². The molecule has 0 atom stereocenters. The molecule has 0 aliphatic carbocycles. The minimum Gasteiger partial charge on any atom is -0.315 e. The van der Waals surface area contributed by atoms with Crippen LogP contribution in [-0.4, -0.2) is 39.7 Å². The van der Waals surface area contributed by atoms with E-state index < -0.39 is 11.8 Å². The maximum Gasteiger partial charge on any atom is 0.322 e. The summed E-state index contributed by atoms with van der Waals surface area (Å²) in [6.07, 6.45) is 0.637. The number of rotatable bonds is 8. The number of aromatic nitrogens is 2. The molecule has 0 saturated heterocycles. The van der Waals surface area contributed by atoms with Crippen LogP contribution >= 0.6 is 0 Å². The van der Waals surface area contributed by atoms with Gasteiger partial charge in [0.1, 0.15) is 18.2 Å². The van der Waals surface area contributed by atoms with E-state index in [4.69, 9.17) is 0 Å². The predicted octanol–water partition coefficient (Wildman–Crippen LogP) is 5.56. The van der Waals surface area contributed by atoms with Gasteiger partial charge in [-0.05, 0) is 30.7 Å². The number of halogens is 1. The summed E-state index contributed by atoms with van der Waals surface area (Å²) in [5, 5.41) is 10.1. The largest absolute Gasteiger partial charge is 0.322 e. The fourth-order valence-electron chi connectivity index (χ4n) is 3.62. The lowest BCUT2D eigenvalue weighted by Gasteiger charge is -2.22. The van der Waals surface area contributed by atoms with Gasteiger partial charge in [-0.2, -0.15) is 5.10 Å². The van der Waals surface area contributed by atoms with E-state index in [0.29, 0.717) is 24.5 Å². The lowest BCUT2D eigenvalue weighted by atomic mass is 10.1. The zero-order valence-electron chi connectivity index (χ0n) is 19.3. The first-order valence-corrected chi connectivity index (χ1v) is 11.4. The zero-order chi connectivity index (χ0) is 24.6. The Morgan fingerprint density at radius 2 is 1.57 bits per heavy atom. The third kappa shape index (κ3) is 5.92. The Hall–Kier alpha value is -4.46. The maximum absolute atomic E-state index is 14.0. The van der Waals surface area contributed by atoms with E-state index in [2.05, 4.69) is 15.7 Å². The molecule has 3 aromatic carbocycles. The second-order valence-corrected chi connectivity index (χ2v) is 7.91. The van der Waals surface area contributed by atoms with Gasteiger partial charge in [-0.25, -0.2) is 13.9 Å². The molecule has 1 heterocycles.